The number of fused-ring (bicyclic) bond motifs is 1. The number of aromatic nitrogens is 3. The smallest absolute Gasteiger partial charge is 0.234 e. The molecule has 0 saturated heterocycles. The second-order valence-electron chi connectivity index (χ2n) is 5.75. The SMILES string of the molecule is Cn1c(SCC(=O)Nc2ccccc2F)nnc1-c1ccc2c(c1)OCO2. The van der Waals surface area contributed by atoms with Crippen LogP contribution in [-0.2, 0) is 11.8 Å². The molecule has 0 fully saturated rings. The molecule has 1 aromatic heterocycles. The molecule has 0 unspecified atom stereocenters. The summed E-state index contributed by atoms with van der Waals surface area (Å²) in [4.78, 5) is 12.1. The van der Waals surface area contributed by atoms with Crippen LogP contribution >= 0.6 is 11.8 Å². The molecule has 1 amide bonds. The van der Waals surface area contributed by atoms with Crippen LogP contribution in [0.1, 0.15) is 0 Å². The summed E-state index contributed by atoms with van der Waals surface area (Å²) in [5.74, 6) is 1.29. The summed E-state index contributed by atoms with van der Waals surface area (Å²) in [6, 6.07) is 11.6. The van der Waals surface area contributed by atoms with Crippen LogP contribution in [0.2, 0.25) is 0 Å². The predicted octanol–water partition coefficient (Wildman–Crippen LogP) is 3.08. The van der Waals surface area contributed by atoms with Gasteiger partial charge in [0.1, 0.15) is 5.82 Å². The second-order valence-corrected chi connectivity index (χ2v) is 6.69. The van der Waals surface area contributed by atoms with Gasteiger partial charge in [-0.15, -0.1) is 10.2 Å². The molecule has 2 aromatic carbocycles. The second kappa shape index (κ2) is 7.28. The molecular weight excluding hydrogens is 371 g/mol. The van der Waals surface area contributed by atoms with Gasteiger partial charge in [0, 0.05) is 12.6 Å². The van der Waals surface area contributed by atoms with Crippen molar-refractivity contribution in [2.45, 2.75) is 5.16 Å². The van der Waals surface area contributed by atoms with Crippen LogP contribution in [0.15, 0.2) is 47.6 Å². The lowest BCUT2D eigenvalue weighted by Gasteiger charge is -2.06. The highest BCUT2D eigenvalue weighted by Gasteiger charge is 2.18. The quantitative estimate of drug-likeness (QED) is 0.679. The molecule has 0 atom stereocenters. The topological polar surface area (TPSA) is 78.3 Å². The lowest BCUT2D eigenvalue weighted by molar-refractivity contribution is -0.113. The Hall–Kier alpha value is -3.07. The molecule has 0 spiro atoms. The van der Waals surface area contributed by atoms with Gasteiger partial charge in [-0.3, -0.25) is 4.79 Å². The fourth-order valence-corrected chi connectivity index (χ4v) is 3.32. The summed E-state index contributed by atoms with van der Waals surface area (Å²) in [6.07, 6.45) is 0. The van der Waals surface area contributed by atoms with E-state index in [2.05, 4.69) is 15.5 Å². The highest BCUT2D eigenvalue weighted by Crippen LogP contribution is 2.35. The van der Waals surface area contributed by atoms with E-state index < -0.39 is 5.82 Å². The van der Waals surface area contributed by atoms with Crippen molar-refractivity contribution in [2.75, 3.05) is 17.9 Å². The number of carbonyl (C=O) groups is 1. The number of thioether (sulfide) groups is 1. The molecule has 1 N–H and O–H groups in total. The zero-order chi connectivity index (χ0) is 18.8. The minimum absolute atomic E-state index is 0.0848. The van der Waals surface area contributed by atoms with E-state index in [1.165, 1.54) is 23.9 Å². The van der Waals surface area contributed by atoms with Crippen molar-refractivity contribution in [3.8, 4) is 22.9 Å². The number of hydrogen-bond donors (Lipinski definition) is 1. The van der Waals surface area contributed by atoms with Crippen LogP contribution in [0, 0.1) is 5.82 Å². The van der Waals surface area contributed by atoms with E-state index in [9.17, 15) is 9.18 Å². The molecule has 0 aliphatic carbocycles. The Morgan fingerprint density at radius 1 is 1.22 bits per heavy atom. The van der Waals surface area contributed by atoms with E-state index in [0.717, 1.165) is 5.56 Å². The van der Waals surface area contributed by atoms with Crippen LogP contribution in [0.4, 0.5) is 10.1 Å². The Kier molecular flexibility index (Phi) is 4.68. The number of carbonyl (C=O) groups excluding carboxylic acids is 1. The molecule has 1 aliphatic heterocycles. The average Bonchev–Trinajstić information content (AvgIpc) is 3.27. The number of hydrogen-bond acceptors (Lipinski definition) is 6. The third-order valence-corrected chi connectivity index (χ3v) is 4.97. The molecule has 9 heteroatoms. The van der Waals surface area contributed by atoms with Crippen molar-refractivity contribution < 1.29 is 18.7 Å². The number of anilines is 1. The van der Waals surface area contributed by atoms with Gasteiger partial charge in [0.15, 0.2) is 22.5 Å². The van der Waals surface area contributed by atoms with E-state index in [0.29, 0.717) is 22.5 Å². The molecule has 3 aromatic rings. The summed E-state index contributed by atoms with van der Waals surface area (Å²) in [5.41, 5.74) is 0.985. The minimum atomic E-state index is -0.473. The largest absolute Gasteiger partial charge is 0.454 e. The molecule has 27 heavy (non-hydrogen) atoms. The highest BCUT2D eigenvalue weighted by atomic mass is 32.2. The van der Waals surface area contributed by atoms with Gasteiger partial charge in [-0.05, 0) is 30.3 Å². The number of benzene rings is 2. The third kappa shape index (κ3) is 3.59. The first-order valence-electron chi connectivity index (χ1n) is 8.08. The van der Waals surface area contributed by atoms with Crippen LogP contribution in [-0.4, -0.2) is 33.2 Å². The van der Waals surface area contributed by atoms with Crippen molar-refractivity contribution in [3.63, 3.8) is 0 Å². The van der Waals surface area contributed by atoms with E-state index in [4.69, 9.17) is 9.47 Å². The first-order valence-corrected chi connectivity index (χ1v) is 9.07. The number of para-hydroxylation sites is 1. The Balaban J connectivity index is 1.43. The summed E-state index contributed by atoms with van der Waals surface area (Å²) in [5, 5.41) is 11.4. The fourth-order valence-electron chi connectivity index (χ4n) is 2.61. The summed E-state index contributed by atoms with van der Waals surface area (Å²) >= 11 is 1.22. The monoisotopic (exact) mass is 386 g/mol. The highest BCUT2D eigenvalue weighted by molar-refractivity contribution is 7.99. The average molecular weight is 386 g/mol. The number of ether oxygens (including phenoxy) is 2. The molecule has 7 nitrogen and oxygen atoms in total. The maximum Gasteiger partial charge on any atom is 0.234 e. The fraction of sp³-hybridized carbons (Fsp3) is 0.167. The normalized spacial score (nSPS) is 12.2. The van der Waals surface area contributed by atoms with Gasteiger partial charge in [-0.25, -0.2) is 4.39 Å². The van der Waals surface area contributed by atoms with Gasteiger partial charge < -0.3 is 19.4 Å². The molecular formula is C18H15FN4O3S. The van der Waals surface area contributed by atoms with Crippen molar-refractivity contribution in [1.82, 2.24) is 14.8 Å². The summed E-state index contributed by atoms with van der Waals surface area (Å²) < 4.78 is 26.1. The lowest BCUT2D eigenvalue weighted by Crippen LogP contribution is -2.15. The standard InChI is InChI=1S/C18H15FN4O3S/c1-23-17(11-6-7-14-15(8-11)26-10-25-14)21-22-18(23)27-9-16(24)20-13-5-3-2-4-12(13)19/h2-8H,9-10H2,1H3,(H,20,24). The first kappa shape index (κ1) is 17.3. The Bertz CT molecular complexity index is 1010. The predicted molar refractivity (Wildman–Crippen MR) is 98.3 cm³/mol. The van der Waals surface area contributed by atoms with E-state index in [1.807, 2.05) is 25.2 Å². The zero-order valence-electron chi connectivity index (χ0n) is 14.3. The van der Waals surface area contributed by atoms with Crippen LogP contribution in [0.25, 0.3) is 11.4 Å². The lowest BCUT2D eigenvalue weighted by atomic mass is 10.2. The van der Waals surface area contributed by atoms with E-state index >= 15 is 0 Å². The Morgan fingerprint density at radius 3 is 2.89 bits per heavy atom. The number of amides is 1. The van der Waals surface area contributed by atoms with Gasteiger partial charge in [0.25, 0.3) is 0 Å². The third-order valence-electron chi connectivity index (χ3n) is 3.95. The molecule has 2 heterocycles. The number of halogens is 1. The molecule has 138 valence electrons. The van der Waals surface area contributed by atoms with Crippen LogP contribution in [0.5, 0.6) is 11.5 Å². The van der Waals surface area contributed by atoms with Gasteiger partial charge in [0.05, 0.1) is 11.4 Å². The maximum atomic E-state index is 13.6. The number of nitrogens with one attached hydrogen (secondary N) is 1. The Labute approximate surface area is 158 Å². The first-order chi connectivity index (χ1) is 13.1. The van der Waals surface area contributed by atoms with Gasteiger partial charge >= 0.3 is 0 Å². The van der Waals surface area contributed by atoms with Crippen molar-refractivity contribution in [2.24, 2.45) is 7.05 Å². The van der Waals surface area contributed by atoms with Crippen molar-refractivity contribution in [1.29, 1.82) is 0 Å². The molecule has 0 saturated carbocycles. The molecule has 0 bridgehead atoms. The summed E-state index contributed by atoms with van der Waals surface area (Å²) in [7, 11) is 1.82. The number of nitrogens with zero attached hydrogens (tertiary/aromatic N) is 3. The molecule has 1 aliphatic rings. The summed E-state index contributed by atoms with van der Waals surface area (Å²) in [6.45, 7) is 0.204. The van der Waals surface area contributed by atoms with E-state index in [1.54, 1.807) is 16.7 Å². The van der Waals surface area contributed by atoms with Crippen molar-refractivity contribution in [3.05, 3.63) is 48.3 Å². The van der Waals surface area contributed by atoms with Gasteiger partial charge in [0.2, 0.25) is 12.7 Å². The molecule has 4 rings (SSSR count). The minimum Gasteiger partial charge on any atom is -0.454 e. The van der Waals surface area contributed by atoms with Gasteiger partial charge in [-0.2, -0.15) is 0 Å². The molecule has 0 radical (unpaired) electrons. The maximum absolute atomic E-state index is 13.6. The van der Waals surface area contributed by atoms with Crippen LogP contribution in [0.3, 0.4) is 0 Å². The number of rotatable bonds is 5. The van der Waals surface area contributed by atoms with E-state index in [-0.39, 0.29) is 24.1 Å². The van der Waals surface area contributed by atoms with Crippen LogP contribution < -0.4 is 14.8 Å². The Morgan fingerprint density at radius 2 is 2.04 bits per heavy atom. The van der Waals surface area contributed by atoms with Crippen molar-refractivity contribution >= 4 is 23.4 Å². The zero-order valence-corrected chi connectivity index (χ0v) is 15.1. The van der Waals surface area contributed by atoms with Gasteiger partial charge in [-0.1, -0.05) is 23.9 Å².